The first-order valence-electron chi connectivity index (χ1n) is 7.67. The summed E-state index contributed by atoms with van der Waals surface area (Å²) in [6.07, 6.45) is 0.484. The second-order valence-corrected chi connectivity index (χ2v) is 6.40. The first-order chi connectivity index (χ1) is 10.8. The van der Waals surface area contributed by atoms with Crippen molar-refractivity contribution in [3.63, 3.8) is 0 Å². The molecule has 22 heavy (non-hydrogen) atoms. The zero-order chi connectivity index (χ0) is 14.8. The minimum Gasteiger partial charge on any atom is -0.426 e. The Balaban J connectivity index is 1.68. The molecule has 4 atom stereocenters. The molecule has 1 fully saturated rings. The fraction of sp³-hybridized carbons (Fsp3) is 0.263. The van der Waals surface area contributed by atoms with E-state index >= 15 is 0 Å². The molecule has 3 aliphatic rings. The van der Waals surface area contributed by atoms with Crippen LogP contribution < -0.4 is 4.74 Å². The van der Waals surface area contributed by atoms with Crippen molar-refractivity contribution in [1.82, 2.24) is 0 Å². The lowest BCUT2D eigenvalue weighted by atomic mass is 9.48. The highest BCUT2D eigenvalue weighted by Crippen LogP contribution is 2.63. The molecule has 0 N–H and O–H groups in total. The summed E-state index contributed by atoms with van der Waals surface area (Å²) < 4.78 is 5.51. The van der Waals surface area contributed by atoms with E-state index in [-0.39, 0.29) is 35.4 Å². The molecule has 4 unspecified atom stereocenters. The molecule has 0 spiro atoms. The minimum absolute atomic E-state index is 0.0108. The topological polar surface area (TPSA) is 43.4 Å². The van der Waals surface area contributed by atoms with Crippen molar-refractivity contribution in [2.75, 3.05) is 0 Å². The van der Waals surface area contributed by atoms with Gasteiger partial charge in [-0.15, -0.1) is 0 Å². The van der Waals surface area contributed by atoms with Crippen LogP contribution in [0.15, 0.2) is 48.5 Å². The molecule has 1 aliphatic heterocycles. The number of Topliss-reactive ketones (excluding diaryl/α,β-unsaturated/α-hetero) is 1. The molecule has 108 valence electrons. The first-order valence-corrected chi connectivity index (χ1v) is 7.67. The van der Waals surface area contributed by atoms with Gasteiger partial charge in [0.2, 0.25) is 0 Å². The van der Waals surface area contributed by atoms with E-state index < -0.39 is 0 Å². The second-order valence-electron chi connectivity index (χ2n) is 6.40. The normalized spacial score (nSPS) is 31.1. The number of hydrogen-bond acceptors (Lipinski definition) is 3. The smallest absolute Gasteiger partial charge is 0.315 e. The molecule has 3 heteroatoms. The van der Waals surface area contributed by atoms with Crippen LogP contribution in [0.25, 0.3) is 0 Å². The van der Waals surface area contributed by atoms with Gasteiger partial charge in [-0.25, -0.2) is 0 Å². The summed E-state index contributed by atoms with van der Waals surface area (Å²) in [5, 5.41) is 0. The van der Waals surface area contributed by atoms with Crippen LogP contribution in [0.5, 0.6) is 5.75 Å². The third kappa shape index (κ3) is 1.36. The number of benzene rings is 2. The lowest BCUT2D eigenvalue weighted by Gasteiger charge is -2.54. The summed E-state index contributed by atoms with van der Waals surface area (Å²) in [4.78, 5) is 25.1. The van der Waals surface area contributed by atoms with Crippen molar-refractivity contribution in [2.24, 2.45) is 11.8 Å². The van der Waals surface area contributed by atoms with Crippen LogP contribution in [-0.4, -0.2) is 11.8 Å². The van der Waals surface area contributed by atoms with Gasteiger partial charge in [0.15, 0.2) is 0 Å². The highest BCUT2D eigenvalue weighted by atomic mass is 16.5. The van der Waals surface area contributed by atoms with Crippen LogP contribution >= 0.6 is 0 Å². The van der Waals surface area contributed by atoms with Crippen molar-refractivity contribution >= 4 is 11.8 Å². The van der Waals surface area contributed by atoms with Gasteiger partial charge in [0.1, 0.15) is 11.5 Å². The monoisotopic (exact) mass is 290 g/mol. The Labute approximate surface area is 127 Å². The highest BCUT2D eigenvalue weighted by Gasteiger charge is 2.62. The number of rotatable bonds is 0. The molecule has 2 aromatic carbocycles. The summed E-state index contributed by atoms with van der Waals surface area (Å²) in [5.41, 5.74) is 3.24. The molecule has 0 bridgehead atoms. The fourth-order valence-corrected chi connectivity index (χ4v) is 4.57. The van der Waals surface area contributed by atoms with Gasteiger partial charge in [-0.2, -0.15) is 0 Å². The highest BCUT2D eigenvalue weighted by molar-refractivity contribution is 5.94. The quantitative estimate of drug-likeness (QED) is 0.553. The number of ketones is 1. The van der Waals surface area contributed by atoms with Gasteiger partial charge >= 0.3 is 5.97 Å². The van der Waals surface area contributed by atoms with Crippen molar-refractivity contribution in [2.45, 2.75) is 18.3 Å². The van der Waals surface area contributed by atoms with Gasteiger partial charge in [0.05, 0.1) is 5.92 Å². The van der Waals surface area contributed by atoms with E-state index in [1.807, 2.05) is 42.5 Å². The number of esters is 1. The molecule has 0 saturated heterocycles. The SMILES string of the molecule is O=C1Cc2ccccc2C2C1C1c3ccccc3OC(=O)C21. The molecule has 3 nitrogen and oxygen atoms in total. The zero-order valence-corrected chi connectivity index (χ0v) is 11.9. The van der Waals surface area contributed by atoms with Gasteiger partial charge < -0.3 is 4.74 Å². The maximum atomic E-state index is 12.6. The Morgan fingerprint density at radius 1 is 0.773 bits per heavy atom. The van der Waals surface area contributed by atoms with Gasteiger partial charge in [0, 0.05) is 24.2 Å². The molecule has 1 heterocycles. The van der Waals surface area contributed by atoms with E-state index in [0.29, 0.717) is 12.2 Å². The van der Waals surface area contributed by atoms with Crippen LogP contribution in [0.2, 0.25) is 0 Å². The van der Waals surface area contributed by atoms with Crippen LogP contribution in [0.4, 0.5) is 0 Å². The summed E-state index contributed by atoms with van der Waals surface area (Å²) >= 11 is 0. The molecule has 5 rings (SSSR count). The summed E-state index contributed by atoms with van der Waals surface area (Å²) in [5.74, 6) is 0.383. The van der Waals surface area contributed by atoms with Crippen LogP contribution in [-0.2, 0) is 16.0 Å². The number of fused-ring (bicyclic) bond motifs is 8. The molecule has 0 radical (unpaired) electrons. The Kier molecular flexibility index (Phi) is 2.25. The lowest BCUT2D eigenvalue weighted by Crippen LogP contribution is -2.56. The standard InChI is InChI=1S/C19H14O3/c20-13-9-10-5-1-2-6-11(10)15-17(13)16-12-7-3-4-8-14(12)22-19(21)18(15)16/h1-8,15-18H,9H2. The van der Waals surface area contributed by atoms with E-state index in [4.69, 9.17) is 4.74 Å². The summed E-state index contributed by atoms with van der Waals surface area (Å²) in [6.45, 7) is 0. The van der Waals surface area contributed by atoms with Gasteiger partial charge in [-0.3, -0.25) is 9.59 Å². The van der Waals surface area contributed by atoms with Gasteiger partial charge in [-0.1, -0.05) is 42.5 Å². The number of carbonyl (C=O) groups is 2. The Bertz CT molecular complexity index is 745. The van der Waals surface area contributed by atoms with Crippen LogP contribution in [0.3, 0.4) is 0 Å². The largest absolute Gasteiger partial charge is 0.426 e. The molecule has 2 aliphatic carbocycles. The number of ether oxygens (including phenoxy) is 1. The predicted octanol–water partition coefficient (Wildman–Crippen LogP) is 2.84. The third-order valence-corrected chi connectivity index (χ3v) is 5.46. The molecule has 2 aromatic rings. The Morgan fingerprint density at radius 2 is 1.45 bits per heavy atom. The van der Waals surface area contributed by atoms with Crippen molar-refractivity contribution in [3.8, 4) is 5.75 Å². The average molecular weight is 290 g/mol. The number of para-hydroxylation sites is 1. The number of carbonyl (C=O) groups excluding carboxylic acids is 2. The van der Waals surface area contributed by atoms with Crippen molar-refractivity contribution in [1.29, 1.82) is 0 Å². The molecular formula is C19H14O3. The molecule has 0 aromatic heterocycles. The minimum atomic E-state index is -0.217. The summed E-state index contributed by atoms with van der Waals surface area (Å²) in [7, 11) is 0. The van der Waals surface area contributed by atoms with E-state index in [1.54, 1.807) is 0 Å². The van der Waals surface area contributed by atoms with E-state index in [9.17, 15) is 9.59 Å². The maximum absolute atomic E-state index is 12.6. The van der Waals surface area contributed by atoms with E-state index in [0.717, 1.165) is 16.7 Å². The predicted molar refractivity (Wildman–Crippen MR) is 79.7 cm³/mol. The Hall–Kier alpha value is -2.42. The first kappa shape index (κ1) is 12.2. The lowest BCUT2D eigenvalue weighted by molar-refractivity contribution is -0.153. The fourth-order valence-electron chi connectivity index (χ4n) is 4.57. The van der Waals surface area contributed by atoms with Gasteiger partial charge in [-0.05, 0) is 22.8 Å². The van der Waals surface area contributed by atoms with Crippen LogP contribution in [0.1, 0.15) is 28.5 Å². The van der Waals surface area contributed by atoms with E-state index in [2.05, 4.69) is 6.07 Å². The maximum Gasteiger partial charge on any atom is 0.315 e. The average Bonchev–Trinajstić information content (AvgIpc) is 2.48. The summed E-state index contributed by atoms with van der Waals surface area (Å²) in [6, 6.07) is 15.6. The number of hydrogen-bond donors (Lipinski definition) is 0. The molecular weight excluding hydrogens is 276 g/mol. The Morgan fingerprint density at radius 3 is 2.32 bits per heavy atom. The van der Waals surface area contributed by atoms with E-state index in [1.165, 1.54) is 0 Å². The van der Waals surface area contributed by atoms with Crippen LogP contribution in [0, 0.1) is 11.8 Å². The third-order valence-electron chi connectivity index (χ3n) is 5.46. The zero-order valence-electron chi connectivity index (χ0n) is 11.9. The molecule has 1 saturated carbocycles. The van der Waals surface area contributed by atoms with Gasteiger partial charge in [0.25, 0.3) is 0 Å². The molecule has 0 amide bonds. The van der Waals surface area contributed by atoms with Crippen molar-refractivity contribution in [3.05, 3.63) is 65.2 Å². The van der Waals surface area contributed by atoms with Crippen molar-refractivity contribution < 1.29 is 14.3 Å². The second kappa shape index (κ2) is 4.07.